The summed E-state index contributed by atoms with van der Waals surface area (Å²) < 4.78 is 25.5. The quantitative estimate of drug-likeness (QED) is 0.742. The Morgan fingerprint density at radius 1 is 1.57 bits per heavy atom. The molecular weight excluding hydrogens is 190 g/mol. The predicted octanol–water partition coefficient (Wildman–Crippen LogP) is 0.852. The lowest BCUT2D eigenvalue weighted by Gasteiger charge is -2.17. The Hall–Kier alpha value is -0.710. The number of nitrogens with zero attached hydrogens (tertiary/aromatic N) is 1. The van der Waals surface area contributed by atoms with Gasteiger partial charge in [0.2, 0.25) is 5.91 Å². The van der Waals surface area contributed by atoms with Crippen molar-refractivity contribution in [3.63, 3.8) is 0 Å². The van der Waals surface area contributed by atoms with E-state index in [4.69, 9.17) is 0 Å². The smallest absolute Gasteiger partial charge is 0.267 e. The van der Waals surface area contributed by atoms with Crippen LogP contribution in [0.5, 0.6) is 0 Å². The molecule has 82 valence electrons. The Bertz CT molecular complexity index is 219. The normalized spacial score (nSPS) is 20.5. The molecule has 0 aromatic rings. The summed E-state index contributed by atoms with van der Waals surface area (Å²) in [7, 11) is 0. The molecule has 1 fully saturated rings. The first-order chi connectivity index (χ1) is 6.41. The van der Waals surface area contributed by atoms with Gasteiger partial charge in [0.05, 0.1) is 13.1 Å². The highest BCUT2D eigenvalue weighted by Crippen LogP contribution is 2.26. The van der Waals surface area contributed by atoms with E-state index in [1.54, 1.807) is 0 Å². The van der Waals surface area contributed by atoms with Crippen molar-refractivity contribution >= 4 is 5.91 Å². The SMILES string of the molecule is CC(C)NCC(=O)N1CCC(F)(F)C1. The second-order valence-corrected chi connectivity index (χ2v) is 3.96. The molecule has 0 saturated carbocycles. The molecule has 1 amide bonds. The van der Waals surface area contributed by atoms with Crippen molar-refractivity contribution in [2.24, 2.45) is 0 Å². The van der Waals surface area contributed by atoms with E-state index in [2.05, 4.69) is 5.32 Å². The second kappa shape index (κ2) is 4.21. The number of alkyl halides is 2. The van der Waals surface area contributed by atoms with Crippen LogP contribution in [0.4, 0.5) is 8.78 Å². The van der Waals surface area contributed by atoms with Crippen molar-refractivity contribution in [1.82, 2.24) is 10.2 Å². The van der Waals surface area contributed by atoms with Gasteiger partial charge in [0.25, 0.3) is 5.92 Å². The first kappa shape index (κ1) is 11.4. The third-order valence-corrected chi connectivity index (χ3v) is 2.18. The number of rotatable bonds is 3. The van der Waals surface area contributed by atoms with E-state index in [-0.39, 0.29) is 31.5 Å². The van der Waals surface area contributed by atoms with Gasteiger partial charge in [-0.05, 0) is 0 Å². The number of carbonyl (C=O) groups is 1. The lowest BCUT2D eigenvalue weighted by molar-refractivity contribution is -0.130. The van der Waals surface area contributed by atoms with Crippen LogP contribution in [0.15, 0.2) is 0 Å². The van der Waals surface area contributed by atoms with Gasteiger partial charge in [0.15, 0.2) is 0 Å². The maximum atomic E-state index is 12.7. The Labute approximate surface area is 82.5 Å². The largest absolute Gasteiger partial charge is 0.335 e. The first-order valence-corrected chi connectivity index (χ1v) is 4.80. The number of carbonyl (C=O) groups excluding carboxylic acids is 1. The summed E-state index contributed by atoms with van der Waals surface area (Å²) in [5, 5.41) is 2.91. The highest BCUT2D eigenvalue weighted by atomic mass is 19.3. The van der Waals surface area contributed by atoms with Gasteiger partial charge in [-0.3, -0.25) is 4.79 Å². The number of nitrogens with one attached hydrogen (secondary N) is 1. The fraction of sp³-hybridized carbons (Fsp3) is 0.889. The first-order valence-electron chi connectivity index (χ1n) is 4.80. The van der Waals surface area contributed by atoms with Crippen LogP contribution >= 0.6 is 0 Å². The lowest BCUT2D eigenvalue weighted by atomic mass is 10.3. The molecule has 14 heavy (non-hydrogen) atoms. The summed E-state index contributed by atoms with van der Waals surface area (Å²) in [6, 6.07) is 0.196. The zero-order chi connectivity index (χ0) is 10.8. The highest BCUT2D eigenvalue weighted by Gasteiger charge is 2.39. The molecule has 0 aromatic carbocycles. The van der Waals surface area contributed by atoms with Gasteiger partial charge in [0.1, 0.15) is 0 Å². The van der Waals surface area contributed by atoms with Crippen molar-refractivity contribution in [3.8, 4) is 0 Å². The highest BCUT2D eigenvalue weighted by molar-refractivity contribution is 5.78. The minimum absolute atomic E-state index is 0.147. The molecule has 1 saturated heterocycles. The van der Waals surface area contributed by atoms with E-state index in [0.29, 0.717) is 0 Å². The van der Waals surface area contributed by atoms with Crippen molar-refractivity contribution in [3.05, 3.63) is 0 Å². The zero-order valence-electron chi connectivity index (χ0n) is 8.52. The average Bonchev–Trinajstić information content (AvgIpc) is 2.41. The summed E-state index contributed by atoms with van der Waals surface area (Å²) in [5.74, 6) is -2.93. The molecule has 1 N–H and O–H groups in total. The van der Waals surface area contributed by atoms with E-state index >= 15 is 0 Å². The van der Waals surface area contributed by atoms with Crippen LogP contribution in [-0.4, -0.2) is 42.4 Å². The van der Waals surface area contributed by atoms with Gasteiger partial charge in [-0.15, -0.1) is 0 Å². The fourth-order valence-electron chi connectivity index (χ4n) is 1.35. The number of amides is 1. The molecule has 1 aliphatic heterocycles. The van der Waals surface area contributed by atoms with Gasteiger partial charge in [0, 0.05) is 19.0 Å². The minimum atomic E-state index is -2.69. The third-order valence-electron chi connectivity index (χ3n) is 2.18. The maximum absolute atomic E-state index is 12.7. The van der Waals surface area contributed by atoms with Gasteiger partial charge in [-0.1, -0.05) is 13.8 Å². The number of likely N-dealkylation sites (tertiary alicyclic amines) is 1. The van der Waals surface area contributed by atoms with E-state index in [0.717, 1.165) is 0 Å². The molecule has 0 unspecified atom stereocenters. The monoisotopic (exact) mass is 206 g/mol. The van der Waals surface area contributed by atoms with Crippen LogP contribution in [0.3, 0.4) is 0 Å². The van der Waals surface area contributed by atoms with Gasteiger partial charge < -0.3 is 10.2 Å². The van der Waals surface area contributed by atoms with Crippen LogP contribution in [-0.2, 0) is 4.79 Å². The molecule has 0 spiro atoms. The molecule has 1 heterocycles. The summed E-state index contributed by atoms with van der Waals surface area (Å²) >= 11 is 0. The van der Waals surface area contributed by atoms with Gasteiger partial charge in [-0.2, -0.15) is 0 Å². The van der Waals surface area contributed by atoms with Gasteiger partial charge >= 0.3 is 0 Å². The zero-order valence-corrected chi connectivity index (χ0v) is 8.52. The molecule has 1 aliphatic rings. The Balaban J connectivity index is 2.33. The summed E-state index contributed by atoms with van der Waals surface area (Å²) in [5.41, 5.74) is 0. The molecule has 0 atom stereocenters. The number of hydrogen-bond donors (Lipinski definition) is 1. The molecule has 0 aromatic heterocycles. The van der Waals surface area contributed by atoms with Crippen LogP contribution in [0.1, 0.15) is 20.3 Å². The molecule has 0 bridgehead atoms. The standard InChI is InChI=1S/C9H16F2N2O/c1-7(2)12-5-8(14)13-4-3-9(10,11)6-13/h7,12H,3-6H2,1-2H3. The van der Waals surface area contributed by atoms with Crippen LogP contribution in [0.25, 0.3) is 0 Å². The van der Waals surface area contributed by atoms with Crippen molar-refractivity contribution in [1.29, 1.82) is 0 Å². The van der Waals surface area contributed by atoms with E-state index < -0.39 is 12.5 Å². The minimum Gasteiger partial charge on any atom is -0.335 e. The second-order valence-electron chi connectivity index (χ2n) is 3.96. The molecule has 1 rings (SSSR count). The summed E-state index contributed by atoms with van der Waals surface area (Å²) in [6.45, 7) is 3.71. The average molecular weight is 206 g/mol. The Morgan fingerprint density at radius 2 is 2.21 bits per heavy atom. The number of hydrogen-bond acceptors (Lipinski definition) is 2. The predicted molar refractivity (Wildman–Crippen MR) is 49.3 cm³/mol. The van der Waals surface area contributed by atoms with Crippen molar-refractivity contribution in [2.75, 3.05) is 19.6 Å². The number of halogens is 2. The van der Waals surface area contributed by atoms with E-state index in [1.807, 2.05) is 13.8 Å². The van der Waals surface area contributed by atoms with Crippen LogP contribution < -0.4 is 5.32 Å². The fourth-order valence-corrected chi connectivity index (χ4v) is 1.35. The Kier molecular flexibility index (Phi) is 3.42. The third kappa shape index (κ3) is 3.21. The molecule has 0 radical (unpaired) electrons. The maximum Gasteiger partial charge on any atom is 0.267 e. The Morgan fingerprint density at radius 3 is 2.64 bits per heavy atom. The van der Waals surface area contributed by atoms with Crippen molar-refractivity contribution < 1.29 is 13.6 Å². The van der Waals surface area contributed by atoms with Crippen LogP contribution in [0.2, 0.25) is 0 Å². The van der Waals surface area contributed by atoms with E-state index in [9.17, 15) is 13.6 Å². The van der Waals surface area contributed by atoms with Crippen LogP contribution in [0, 0.1) is 0 Å². The molecular formula is C9H16F2N2O. The summed E-state index contributed by atoms with van der Waals surface area (Å²) in [6.07, 6.45) is -0.208. The lowest BCUT2D eigenvalue weighted by Crippen LogP contribution is -2.40. The topological polar surface area (TPSA) is 32.3 Å². The van der Waals surface area contributed by atoms with Crippen molar-refractivity contribution in [2.45, 2.75) is 32.2 Å². The molecule has 0 aliphatic carbocycles. The summed E-state index contributed by atoms with van der Waals surface area (Å²) in [4.78, 5) is 12.6. The molecule has 5 heteroatoms. The van der Waals surface area contributed by atoms with Gasteiger partial charge in [-0.25, -0.2) is 8.78 Å². The van der Waals surface area contributed by atoms with E-state index in [1.165, 1.54) is 4.90 Å². The molecule has 3 nitrogen and oxygen atoms in total.